The van der Waals surface area contributed by atoms with Crippen molar-refractivity contribution in [1.82, 2.24) is 14.8 Å². The molecule has 0 N–H and O–H groups in total. The molecule has 0 saturated carbocycles. The van der Waals surface area contributed by atoms with Gasteiger partial charge in [-0.05, 0) is 18.1 Å². The highest BCUT2D eigenvalue weighted by atomic mass is 35.5. The third-order valence-corrected chi connectivity index (χ3v) is 6.43. The van der Waals surface area contributed by atoms with E-state index < -0.39 is 0 Å². The van der Waals surface area contributed by atoms with Crippen LogP contribution in [0.25, 0.3) is 10.6 Å². The summed E-state index contributed by atoms with van der Waals surface area (Å²) in [6, 6.07) is 18.2. The Labute approximate surface area is 180 Å². The van der Waals surface area contributed by atoms with Crippen LogP contribution in [-0.4, -0.2) is 46.9 Å². The summed E-state index contributed by atoms with van der Waals surface area (Å²) in [5.41, 5.74) is 3.06. The Morgan fingerprint density at radius 2 is 1.79 bits per heavy atom. The molecule has 3 aromatic rings. The van der Waals surface area contributed by atoms with Gasteiger partial charge in [0.1, 0.15) is 5.01 Å². The van der Waals surface area contributed by atoms with Crippen molar-refractivity contribution in [2.75, 3.05) is 26.2 Å². The van der Waals surface area contributed by atoms with Gasteiger partial charge in [-0.2, -0.15) is 0 Å². The van der Waals surface area contributed by atoms with Crippen molar-refractivity contribution in [2.24, 2.45) is 0 Å². The molecule has 1 aliphatic heterocycles. The fourth-order valence-electron chi connectivity index (χ4n) is 3.63. The van der Waals surface area contributed by atoms with Gasteiger partial charge in [0.05, 0.1) is 17.1 Å². The number of amides is 1. The molecule has 1 amide bonds. The zero-order valence-electron chi connectivity index (χ0n) is 16.3. The second kappa shape index (κ2) is 9.53. The molecule has 1 fully saturated rings. The van der Waals surface area contributed by atoms with Gasteiger partial charge in [0.2, 0.25) is 5.91 Å². The molecule has 4 rings (SSSR count). The van der Waals surface area contributed by atoms with Gasteiger partial charge in [0, 0.05) is 43.7 Å². The molecule has 6 heteroatoms. The summed E-state index contributed by atoms with van der Waals surface area (Å²) in [5, 5.41) is 3.52. The van der Waals surface area contributed by atoms with Crippen LogP contribution in [0.2, 0.25) is 5.02 Å². The molecular weight excluding hydrogens is 402 g/mol. The number of rotatable bonds is 5. The van der Waals surface area contributed by atoms with Gasteiger partial charge in [-0.15, -0.1) is 11.3 Å². The standard InChI is InChI=1S/C23H24ClN3OS/c24-21-10-5-4-9-20(21)23-25-19(17-29-23)15-22(28)27-12-6-11-26(13-14-27)16-18-7-2-1-3-8-18/h1-5,7-10,17H,6,11-16H2. The summed E-state index contributed by atoms with van der Waals surface area (Å²) in [6.07, 6.45) is 1.35. The molecule has 0 aliphatic carbocycles. The summed E-state index contributed by atoms with van der Waals surface area (Å²) in [5.74, 6) is 0.155. The van der Waals surface area contributed by atoms with Crippen LogP contribution in [0.4, 0.5) is 0 Å². The van der Waals surface area contributed by atoms with E-state index in [2.05, 4.69) is 34.1 Å². The van der Waals surface area contributed by atoms with Crippen LogP contribution in [-0.2, 0) is 17.8 Å². The van der Waals surface area contributed by atoms with E-state index in [4.69, 9.17) is 11.6 Å². The van der Waals surface area contributed by atoms with E-state index >= 15 is 0 Å². The van der Waals surface area contributed by atoms with Gasteiger partial charge in [-0.25, -0.2) is 4.98 Å². The highest BCUT2D eigenvalue weighted by Gasteiger charge is 2.20. The van der Waals surface area contributed by atoms with Crippen molar-refractivity contribution >= 4 is 28.8 Å². The predicted molar refractivity (Wildman–Crippen MR) is 119 cm³/mol. The maximum Gasteiger partial charge on any atom is 0.228 e. The smallest absolute Gasteiger partial charge is 0.228 e. The average Bonchev–Trinajstić information content (AvgIpc) is 3.06. The minimum Gasteiger partial charge on any atom is -0.341 e. The first-order valence-corrected chi connectivity index (χ1v) is 11.2. The Balaban J connectivity index is 1.34. The molecule has 1 saturated heterocycles. The van der Waals surface area contributed by atoms with Gasteiger partial charge in [-0.3, -0.25) is 9.69 Å². The number of aromatic nitrogens is 1. The van der Waals surface area contributed by atoms with Crippen LogP contribution in [0.3, 0.4) is 0 Å². The number of carbonyl (C=O) groups excluding carboxylic acids is 1. The highest BCUT2D eigenvalue weighted by Crippen LogP contribution is 2.30. The zero-order chi connectivity index (χ0) is 20.1. The fraction of sp³-hybridized carbons (Fsp3) is 0.304. The van der Waals surface area contributed by atoms with Crippen molar-refractivity contribution in [1.29, 1.82) is 0 Å². The van der Waals surface area contributed by atoms with Crippen LogP contribution in [0.1, 0.15) is 17.7 Å². The van der Waals surface area contributed by atoms with E-state index in [1.807, 2.05) is 40.6 Å². The molecule has 0 bridgehead atoms. The van der Waals surface area contributed by atoms with E-state index in [9.17, 15) is 4.79 Å². The minimum atomic E-state index is 0.155. The third kappa shape index (κ3) is 5.24. The van der Waals surface area contributed by atoms with Crippen molar-refractivity contribution < 1.29 is 4.79 Å². The van der Waals surface area contributed by atoms with Gasteiger partial charge >= 0.3 is 0 Å². The van der Waals surface area contributed by atoms with E-state index in [0.29, 0.717) is 11.4 Å². The first-order chi connectivity index (χ1) is 14.2. The van der Waals surface area contributed by atoms with Gasteiger partial charge < -0.3 is 4.90 Å². The number of carbonyl (C=O) groups is 1. The second-order valence-corrected chi connectivity index (χ2v) is 8.56. The molecule has 29 heavy (non-hydrogen) atoms. The summed E-state index contributed by atoms with van der Waals surface area (Å²) in [7, 11) is 0. The third-order valence-electron chi connectivity index (χ3n) is 5.18. The predicted octanol–water partition coefficient (Wildman–Crippen LogP) is 4.74. The summed E-state index contributed by atoms with van der Waals surface area (Å²) in [6.45, 7) is 4.45. The lowest BCUT2D eigenvalue weighted by molar-refractivity contribution is -0.130. The van der Waals surface area contributed by atoms with Crippen LogP contribution in [0.5, 0.6) is 0 Å². The maximum atomic E-state index is 12.8. The number of halogens is 1. The molecule has 4 nitrogen and oxygen atoms in total. The monoisotopic (exact) mass is 425 g/mol. The Hall–Kier alpha value is -2.21. The summed E-state index contributed by atoms with van der Waals surface area (Å²) >= 11 is 7.81. The number of thiazole rings is 1. The molecule has 1 aromatic heterocycles. The summed E-state index contributed by atoms with van der Waals surface area (Å²) < 4.78 is 0. The molecule has 1 aliphatic rings. The maximum absolute atomic E-state index is 12.8. The summed E-state index contributed by atoms with van der Waals surface area (Å²) in [4.78, 5) is 21.9. The van der Waals surface area contributed by atoms with Crippen molar-refractivity contribution in [2.45, 2.75) is 19.4 Å². The van der Waals surface area contributed by atoms with E-state index in [1.165, 1.54) is 16.9 Å². The first kappa shape index (κ1) is 20.1. The Bertz CT molecular complexity index is 960. The van der Waals surface area contributed by atoms with Crippen LogP contribution in [0, 0.1) is 0 Å². The lowest BCUT2D eigenvalue weighted by Gasteiger charge is -2.22. The van der Waals surface area contributed by atoms with Crippen molar-refractivity contribution in [3.8, 4) is 10.6 Å². The molecule has 2 aromatic carbocycles. The lowest BCUT2D eigenvalue weighted by Crippen LogP contribution is -2.36. The molecule has 150 valence electrons. The number of nitrogens with zero attached hydrogens (tertiary/aromatic N) is 3. The Morgan fingerprint density at radius 3 is 2.62 bits per heavy atom. The first-order valence-electron chi connectivity index (χ1n) is 9.92. The SMILES string of the molecule is O=C(Cc1csc(-c2ccccc2Cl)n1)N1CCCN(Cc2ccccc2)CC1. The quantitative estimate of drug-likeness (QED) is 0.592. The Kier molecular flexibility index (Phi) is 6.60. The minimum absolute atomic E-state index is 0.155. The van der Waals surface area contributed by atoms with Crippen LogP contribution in [0.15, 0.2) is 60.0 Å². The Morgan fingerprint density at radius 1 is 1.00 bits per heavy atom. The highest BCUT2D eigenvalue weighted by molar-refractivity contribution is 7.13. The number of hydrogen-bond acceptors (Lipinski definition) is 4. The van der Waals surface area contributed by atoms with Gasteiger partial charge in [-0.1, -0.05) is 60.1 Å². The fourth-order valence-corrected chi connectivity index (χ4v) is 4.77. The zero-order valence-corrected chi connectivity index (χ0v) is 17.8. The van der Waals surface area contributed by atoms with Crippen LogP contribution < -0.4 is 0 Å². The van der Waals surface area contributed by atoms with Crippen molar-refractivity contribution in [3.63, 3.8) is 0 Å². The molecule has 0 unspecified atom stereocenters. The largest absolute Gasteiger partial charge is 0.341 e. The molecular formula is C23H24ClN3OS. The molecule has 0 atom stereocenters. The van der Waals surface area contributed by atoms with Gasteiger partial charge in [0.15, 0.2) is 0 Å². The van der Waals surface area contributed by atoms with Gasteiger partial charge in [0.25, 0.3) is 0 Å². The second-order valence-electron chi connectivity index (χ2n) is 7.30. The van der Waals surface area contributed by atoms with Crippen LogP contribution >= 0.6 is 22.9 Å². The van der Waals surface area contributed by atoms with E-state index in [-0.39, 0.29) is 5.91 Å². The number of benzene rings is 2. The van der Waals surface area contributed by atoms with Crippen molar-refractivity contribution in [3.05, 3.63) is 76.3 Å². The lowest BCUT2D eigenvalue weighted by atomic mass is 10.2. The average molecular weight is 426 g/mol. The van der Waals surface area contributed by atoms with E-state index in [1.54, 1.807) is 0 Å². The number of hydrogen-bond donors (Lipinski definition) is 0. The molecule has 2 heterocycles. The molecule has 0 spiro atoms. The molecule has 0 radical (unpaired) electrons. The van der Waals surface area contributed by atoms with E-state index in [0.717, 1.165) is 55.4 Å². The normalized spacial score (nSPS) is 15.3. The topological polar surface area (TPSA) is 36.4 Å².